The van der Waals surface area contributed by atoms with Crippen molar-refractivity contribution in [3.8, 4) is 11.3 Å². The van der Waals surface area contributed by atoms with Crippen molar-refractivity contribution >= 4 is 17.5 Å². The van der Waals surface area contributed by atoms with Gasteiger partial charge in [0.05, 0.1) is 11.1 Å². The van der Waals surface area contributed by atoms with Crippen molar-refractivity contribution in [1.82, 2.24) is 5.16 Å². The number of amides is 1. The molecule has 0 unspecified atom stereocenters. The van der Waals surface area contributed by atoms with Crippen molar-refractivity contribution in [2.75, 3.05) is 0 Å². The van der Waals surface area contributed by atoms with Crippen LogP contribution in [-0.2, 0) is 10.2 Å². The average molecular weight is 263 g/mol. The Balaban J connectivity index is 1.95. The molecule has 0 aliphatic heterocycles. The molecule has 18 heavy (non-hydrogen) atoms. The molecule has 4 nitrogen and oxygen atoms in total. The summed E-state index contributed by atoms with van der Waals surface area (Å²) in [4.78, 5) is 11.4. The second kappa shape index (κ2) is 3.85. The van der Waals surface area contributed by atoms with Crippen LogP contribution in [0.1, 0.15) is 18.5 Å². The Bertz CT molecular complexity index is 600. The largest absolute Gasteiger partial charge is 0.369 e. The first-order chi connectivity index (χ1) is 8.62. The molecule has 1 fully saturated rings. The van der Waals surface area contributed by atoms with Crippen LogP contribution in [-0.4, -0.2) is 11.1 Å². The van der Waals surface area contributed by atoms with E-state index in [1.165, 1.54) is 0 Å². The predicted molar refractivity (Wildman–Crippen MR) is 67.1 cm³/mol. The third-order valence-electron chi connectivity index (χ3n) is 3.35. The van der Waals surface area contributed by atoms with E-state index in [4.69, 9.17) is 21.9 Å². The van der Waals surface area contributed by atoms with Crippen LogP contribution in [0.4, 0.5) is 0 Å². The molecule has 2 N–H and O–H groups in total. The van der Waals surface area contributed by atoms with Crippen molar-refractivity contribution in [3.63, 3.8) is 0 Å². The minimum absolute atomic E-state index is 0.335. The standard InChI is InChI=1S/C13H11ClN2O2/c14-9-3-1-8(2-4-9)10-7-11(16-18-10)13(5-6-13)12(15)17/h1-4,7H,5-6H2,(H2,15,17). The van der Waals surface area contributed by atoms with Crippen molar-refractivity contribution in [2.45, 2.75) is 18.3 Å². The average Bonchev–Trinajstić information content (AvgIpc) is 3.03. The molecule has 0 saturated heterocycles. The molecule has 2 aromatic rings. The van der Waals surface area contributed by atoms with E-state index in [2.05, 4.69) is 5.16 Å². The molecule has 3 rings (SSSR count). The molecule has 5 heteroatoms. The molecule has 1 aromatic heterocycles. The Morgan fingerprint density at radius 1 is 1.33 bits per heavy atom. The van der Waals surface area contributed by atoms with E-state index in [1.807, 2.05) is 12.1 Å². The number of hydrogen-bond donors (Lipinski definition) is 1. The Kier molecular flexibility index (Phi) is 2.41. The second-order valence-corrected chi connectivity index (χ2v) is 4.97. The van der Waals surface area contributed by atoms with Crippen molar-refractivity contribution in [1.29, 1.82) is 0 Å². The number of hydrogen-bond acceptors (Lipinski definition) is 3. The SMILES string of the molecule is NC(=O)C1(c2cc(-c3ccc(Cl)cc3)on2)CC1. The van der Waals surface area contributed by atoms with Gasteiger partial charge >= 0.3 is 0 Å². The fraction of sp³-hybridized carbons (Fsp3) is 0.231. The van der Waals surface area contributed by atoms with Gasteiger partial charge in [-0.15, -0.1) is 0 Å². The third kappa shape index (κ3) is 1.69. The lowest BCUT2D eigenvalue weighted by Gasteiger charge is -2.03. The number of halogens is 1. The summed E-state index contributed by atoms with van der Waals surface area (Å²) in [7, 11) is 0. The summed E-state index contributed by atoms with van der Waals surface area (Å²) in [5.74, 6) is 0.285. The van der Waals surface area contributed by atoms with E-state index in [0.29, 0.717) is 16.5 Å². The van der Waals surface area contributed by atoms with Gasteiger partial charge in [-0.1, -0.05) is 16.8 Å². The monoisotopic (exact) mass is 262 g/mol. The fourth-order valence-corrected chi connectivity index (χ4v) is 2.13. The van der Waals surface area contributed by atoms with Gasteiger partial charge in [-0.05, 0) is 37.1 Å². The van der Waals surface area contributed by atoms with E-state index in [-0.39, 0.29) is 5.91 Å². The van der Waals surface area contributed by atoms with E-state index in [1.54, 1.807) is 18.2 Å². The van der Waals surface area contributed by atoms with Crippen LogP contribution < -0.4 is 5.73 Å². The van der Waals surface area contributed by atoms with Gasteiger partial charge in [0.15, 0.2) is 5.76 Å². The van der Waals surface area contributed by atoms with Gasteiger partial charge in [0, 0.05) is 16.7 Å². The number of carbonyl (C=O) groups excluding carboxylic acids is 1. The second-order valence-electron chi connectivity index (χ2n) is 4.53. The summed E-state index contributed by atoms with van der Waals surface area (Å²) < 4.78 is 5.27. The number of primary amides is 1. The zero-order chi connectivity index (χ0) is 12.8. The molecule has 92 valence electrons. The molecule has 1 amide bonds. The topological polar surface area (TPSA) is 69.1 Å². The molecule has 1 heterocycles. The summed E-state index contributed by atoms with van der Waals surface area (Å²) in [5, 5.41) is 4.62. The maximum Gasteiger partial charge on any atom is 0.229 e. The van der Waals surface area contributed by atoms with Crippen molar-refractivity contribution < 1.29 is 9.32 Å². The predicted octanol–water partition coefficient (Wildman–Crippen LogP) is 2.51. The smallest absolute Gasteiger partial charge is 0.229 e. The minimum Gasteiger partial charge on any atom is -0.369 e. The molecule has 1 aliphatic carbocycles. The number of aromatic nitrogens is 1. The third-order valence-corrected chi connectivity index (χ3v) is 3.60. The molecule has 0 bridgehead atoms. The molecule has 0 spiro atoms. The Labute approximate surface area is 109 Å². The van der Waals surface area contributed by atoms with Crippen LogP contribution in [0.25, 0.3) is 11.3 Å². The number of carbonyl (C=O) groups is 1. The maximum atomic E-state index is 11.4. The Morgan fingerprint density at radius 2 is 2.00 bits per heavy atom. The van der Waals surface area contributed by atoms with Crippen LogP contribution in [0.2, 0.25) is 5.02 Å². The summed E-state index contributed by atoms with van der Waals surface area (Å²) >= 11 is 5.82. The molecular weight excluding hydrogens is 252 g/mol. The molecule has 1 aromatic carbocycles. The summed E-state index contributed by atoms with van der Waals surface area (Å²) in [5.41, 5.74) is 6.29. The fourth-order valence-electron chi connectivity index (χ4n) is 2.00. The van der Waals surface area contributed by atoms with Crippen LogP contribution in [0, 0.1) is 0 Å². The first kappa shape index (κ1) is 11.3. The molecular formula is C13H11ClN2O2. The lowest BCUT2D eigenvalue weighted by atomic mass is 10.0. The van der Waals surface area contributed by atoms with Gasteiger partial charge in [0.1, 0.15) is 0 Å². The van der Waals surface area contributed by atoms with Gasteiger partial charge < -0.3 is 10.3 Å². The zero-order valence-electron chi connectivity index (χ0n) is 9.52. The van der Waals surface area contributed by atoms with Crippen LogP contribution in [0.3, 0.4) is 0 Å². The molecule has 0 atom stereocenters. The van der Waals surface area contributed by atoms with Gasteiger partial charge in [-0.2, -0.15) is 0 Å². The number of nitrogens with zero attached hydrogens (tertiary/aromatic N) is 1. The van der Waals surface area contributed by atoms with E-state index in [0.717, 1.165) is 18.4 Å². The zero-order valence-corrected chi connectivity index (χ0v) is 10.3. The first-order valence-corrected chi connectivity index (χ1v) is 6.03. The van der Waals surface area contributed by atoms with Crippen molar-refractivity contribution in [3.05, 3.63) is 41.0 Å². The van der Waals surface area contributed by atoms with E-state index in [9.17, 15) is 4.79 Å². The maximum absolute atomic E-state index is 11.4. The quantitative estimate of drug-likeness (QED) is 0.924. The van der Waals surface area contributed by atoms with Crippen LogP contribution in [0.5, 0.6) is 0 Å². The highest BCUT2D eigenvalue weighted by Crippen LogP contribution is 2.48. The van der Waals surface area contributed by atoms with Gasteiger partial charge in [0.2, 0.25) is 5.91 Å². The summed E-state index contributed by atoms with van der Waals surface area (Å²) in [6, 6.07) is 9.02. The van der Waals surface area contributed by atoms with Gasteiger partial charge in [0.25, 0.3) is 0 Å². The Hall–Kier alpha value is -1.81. The minimum atomic E-state index is -0.603. The van der Waals surface area contributed by atoms with Gasteiger partial charge in [-0.3, -0.25) is 4.79 Å². The summed E-state index contributed by atoms with van der Waals surface area (Å²) in [6.45, 7) is 0. The lowest BCUT2D eigenvalue weighted by molar-refractivity contribution is -0.120. The first-order valence-electron chi connectivity index (χ1n) is 5.65. The van der Waals surface area contributed by atoms with Crippen LogP contribution in [0.15, 0.2) is 34.9 Å². The number of rotatable bonds is 3. The highest BCUT2D eigenvalue weighted by Gasteiger charge is 2.52. The molecule has 1 saturated carbocycles. The lowest BCUT2D eigenvalue weighted by Crippen LogP contribution is -2.28. The number of nitrogens with two attached hydrogens (primary N) is 1. The van der Waals surface area contributed by atoms with E-state index >= 15 is 0 Å². The van der Waals surface area contributed by atoms with Crippen molar-refractivity contribution in [2.24, 2.45) is 5.73 Å². The van der Waals surface area contributed by atoms with Gasteiger partial charge in [-0.25, -0.2) is 0 Å². The van der Waals surface area contributed by atoms with Crippen LogP contribution >= 0.6 is 11.6 Å². The highest BCUT2D eigenvalue weighted by atomic mass is 35.5. The molecule has 0 radical (unpaired) electrons. The number of benzene rings is 1. The highest BCUT2D eigenvalue weighted by molar-refractivity contribution is 6.30. The van der Waals surface area contributed by atoms with E-state index < -0.39 is 5.41 Å². The summed E-state index contributed by atoms with van der Waals surface area (Å²) in [6.07, 6.45) is 1.49. The Morgan fingerprint density at radius 3 is 2.56 bits per heavy atom. The molecule has 1 aliphatic rings. The normalized spacial score (nSPS) is 16.5.